The van der Waals surface area contributed by atoms with Crippen LogP contribution in [0, 0.1) is 23.2 Å². The van der Waals surface area contributed by atoms with Gasteiger partial charge in [-0.3, -0.25) is 14.5 Å². The third-order valence-corrected chi connectivity index (χ3v) is 9.00. The van der Waals surface area contributed by atoms with Crippen LogP contribution >= 0.6 is 45.7 Å². The molecule has 1 amide bonds. The van der Waals surface area contributed by atoms with Crippen molar-refractivity contribution in [3.05, 3.63) is 110 Å². The monoisotopic (exact) mass is 657 g/mol. The van der Waals surface area contributed by atoms with Crippen molar-refractivity contribution in [1.29, 1.82) is 0 Å². The Hall–Kier alpha value is -3.09. The highest BCUT2D eigenvalue weighted by atomic mass is 127. The second-order valence-corrected chi connectivity index (χ2v) is 12.2. The standard InChI is InChI=1S/C28H21FIN3O3S2/c1-15-3-4-16(2)21(13-15)24(34)22-23(18-7-11-20(30)12-8-18)33(26(36)25(22)35)27-31-32-28(38-27)37-14-17-5-9-19(29)10-6-17/h3-13,23,34H,14H2,1-2H3. The molecular weight excluding hydrogens is 636 g/mol. The van der Waals surface area contributed by atoms with Gasteiger partial charge in [0.05, 0.1) is 11.6 Å². The molecule has 3 aromatic carbocycles. The number of ketones is 1. The zero-order valence-electron chi connectivity index (χ0n) is 20.3. The van der Waals surface area contributed by atoms with E-state index < -0.39 is 17.7 Å². The Balaban J connectivity index is 1.55. The van der Waals surface area contributed by atoms with Crippen LogP contribution in [0.15, 0.2) is 76.6 Å². The number of aromatic nitrogens is 2. The maximum atomic E-state index is 13.4. The van der Waals surface area contributed by atoms with E-state index in [1.165, 1.54) is 40.1 Å². The van der Waals surface area contributed by atoms with Crippen molar-refractivity contribution in [3.63, 3.8) is 0 Å². The van der Waals surface area contributed by atoms with Crippen LogP contribution in [0.4, 0.5) is 9.52 Å². The van der Waals surface area contributed by atoms with Crippen LogP contribution < -0.4 is 4.90 Å². The Labute approximate surface area is 240 Å². The molecule has 1 aliphatic heterocycles. The van der Waals surface area contributed by atoms with E-state index in [1.807, 2.05) is 50.2 Å². The second kappa shape index (κ2) is 11.0. The summed E-state index contributed by atoms with van der Waals surface area (Å²) in [6.45, 7) is 3.75. The van der Waals surface area contributed by atoms with Crippen LogP contribution in [-0.4, -0.2) is 27.0 Å². The van der Waals surface area contributed by atoms with Gasteiger partial charge in [0.15, 0.2) is 4.34 Å². The maximum Gasteiger partial charge on any atom is 0.301 e. The molecule has 0 radical (unpaired) electrons. The first-order valence-electron chi connectivity index (χ1n) is 11.6. The van der Waals surface area contributed by atoms with Crippen molar-refractivity contribution >= 4 is 68.3 Å². The Bertz CT molecular complexity index is 1570. The number of nitrogens with zero attached hydrogens (tertiary/aromatic N) is 3. The smallest absolute Gasteiger partial charge is 0.301 e. The van der Waals surface area contributed by atoms with Crippen LogP contribution in [0.5, 0.6) is 0 Å². The highest BCUT2D eigenvalue weighted by molar-refractivity contribution is 14.1. The van der Waals surface area contributed by atoms with E-state index in [2.05, 4.69) is 32.8 Å². The number of rotatable bonds is 6. The lowest BCUT2D eigenvalue weighted by atomic mass is 9.93. The molecule has 1 fully saturated rings. The molecule has 192 valence electrons. The van der Waals surface area contributed by atoms with Crippen LogP contribution in [-0.2, 0) is 15.3 Å². The number of thioether (sulfide) groups is 1. The molecule has 10 heteroatoms. The van der Waals surface area contributed by atoms with Crippen molar-refractivity contribution in [2.75, 3.05) is 4.90 Å². The quantitative estimate of drug-likeness (QED) is 0.0613. The van der Waals surface area contributed by atoms with E-state index in [0.29, 0.717) is 21.2 Å². The summed E-state index contributed by atoms with van der Waals surface area (Å²) in [5.74, 6) is -1.52. The molecule has 1 N–H and O–H groups in total. The van der Waals surface area contributed by atoms with Gasteiger partial charge < -0.3 is 5.11 Å². The van der Waals surface area contributed by atoms with Crippen LogP contribution in [0.25, 0.3) is 5.76 Å². The summed E-state index contributed by atoms with van der Waals surface area (Å²) in [5.41, 5.74) is 3.82. The minimum absolute atomic E-state index is 0.0145. The SMILES string of the molecule is Cc1ccc(C)c(C(O)=C2C(=O)C(=O)N(c3nnc(SCc4ccc(F)cc4)s3)C2c2ccc(I)cc2)c1. The molecule has 4 aromatic rings. The summed E-state index contributed by atoms with van der Waals surface area (Å²) >= 11 is 4.78. The third-order valence-electron chi connectivity index (χ3n) is 6.16. The summed E-state index contributed by atoms with van der Waals surface area (Å²) < 4.78 is 14.8. The molecule has 1 aliphatic rings. The average Bonchev–Trinajstić information content (AvgIpc) is 3.47. The lowest BCUT2D eigenvalue weighted by Gasteiger charge is -2.22. The van der Waals surface area contributed by atoms with E-state index in [0.717, 1.165) is 20.3 Å². The van der Waals surface area contributed by atoms with Gasteiger partial charge in [-0.05, 0) is 83.5 Å². The topological polar surface area (TPSA) is 83.4 Å². The predicted molar refractivity (Wildman–Crippen MR) is 156 cm³/mol. The van der Waals surface area contributed by atoms with Crippen LogP contribution in [0.1, 0.15) is 33.9 Å². The average molecular weight is 658 g/mol. The first kappa shape index (κ1) is 26.5. The molecule has 1 unspecified atom stereocenters. The number of hydrogen-bond donors (Lipinski definition) is 1. The van der Waals surface area contributed by atoms with Gasteiger partial charge >= 0.3 is 5.91 Å². The van der Waals surface area contributed by atoms with E-state index >= 15 is 0 Å². The number of aliphatic hydroxyl groups excluding tert-OH is 1. The van der Waals surface area contributed by atoms with Crippen LogP contribution in [0.3, 0.4) is 0 Å². The lowest BCUT2D eigenvalue weighted by Crippen LogP contribution is -2.29. The van der Waals surface area contributed by atoms with Gasteiger partial charge in [0.25, 0.3) is 5.78 Å². The van der Waals surface area contributed by atoms with Crippen molar-refractivity contribution < 1.29 is 19.1 Å². The van der Waals surface area contributed by atoms with Gasteiger partial charge in [0.2, 0.25) is 5.13 Å². The van der Waals surface area contributed by atoms with Gasteiger partial charge in [-0.1, -0.05) is 65.1 Å². The molecule has 0 spiro atoms. The van der Waals surface area contributed by atoms with Gasteiger partial charge in [-0.25, -0.2) is 4.39 Å². The number of carbonyl (C=O) groups is 2. The van der Waals surface area contributed by atoms with E-state index in [1.54, 1.807) is 18.2 Å². The fourth-order valence-electron chi connectivity index (χ4n) is 4.21. The highest BCUT2D eigenvalue weighted by Crippen LogP contribution is 2.44. The molecule has 1 aromatic heterocycles. The Morgan fingerprint density at radius 3 is 2.47 bits per heavy atom. The van der Waals surface area contributed by atoms with Gasteiger partial charge in [0, 0.05) is 14.9 Å². The largest absolute Gasteiger partial charge is 0.507 e. The Morgan fingerprint density at radius 2 is 1.76 bits per heavy atom. The highest BCUT2D eigenvalue weighted by Gasteiger charge is 2.48. The number of hydrogen-bond acceptors (Lipinski definition) is 7. The molecule has 5 rings (SSSR count). The zero-order valence-corrected chi connectivity index (χ0v) is 24.1. The van der Waals surface area contributed by atoms with Gasteiger partial charge in [0.1, 0.15) is 11.6 Å². The summed E-state index contributed by atoms with van der Waals surface area (Å²) in [4.78, 5) is 28.1. The number of anilines is 1. The van der Waals surface area contributed by atoms with Crippen molar-refractivity contribution in [3.8, 4) is 0 Å². The maximum absolute atomic E-state index is 13.4. The molecule has 2 heterocycles. The number of aliphatic hydroxyl groups is 1. The van der Waals surface area contributed by atoms with E-state index in [4.69, 9.17) is 0 Å². The number of benzene rings is 3. The lowest BCUT2D eigenvalue weighted by molar-refractivity contribution is -0.132. The first-order chi connectivity index (χ1) is 18.2. The van der Waals surface area contributed by atoms with Crippen LogP contribution in [0.2, 0.25) is 0 Å². The molecule has 1 atom stereocenters. The fourth-order valence-corrected chi connectivity index (χ4v) is 6.39. The van der Waals surface area contributed by atoms with Crippen molar-refractivity contribution in [2.24, 2.45) is 0 Å². The minimum atomic E-state index is -0.866. The predicted octanol–water partition coefficient (Wildman–Crippen LogP) is 6.82. The number of carbonyl (C=O) groups excluding carboxylic acids is 2. The summed E-state index contributed by atoms with van der Waals surface area (Å²) in [6.07, 6.45) is 0. The normalized spacial score (nSPS) is 16.8. The van der Waals surface area contributed by atoms with Crippen molar-refractivity contribution in [1.82, 2.24) is 10.2 Å². The molecule has 1 saturated heterocycles. The van der Waals surface area contributed by atoms with Gasteiger partial charge in [-0.15, -0.1) is 10.2 Å². The summed E-state index contributed by atoms with van der Waals surface area (Å²) in [7, 11) is 0. The summed E-state index contributed by atoms with van der Waals surface area (Å²) in [6, 6.07) is 18.4. The molecule has 6 nitrogen and oxygen atoms in total. The third kappa shape index (κ3) is 5.25. The van der Waals surface area contributed by atoms with E-state index in [9.17, 15) is 19.1 Å². The van der Waals surface area contributed by atoms with Crippen molar-refractivity contribution in [2.45, 2.75) is 30.0 Å². The van der Waals surface area contributed by atoms with E-state index in [-0.39, 0.29) is 22.3 Å². The molecule has 0 aliphatic carbocycles. The molecule has 0 saturated carbocycles. The fraction of sp³-hybridized carbons (Fsp3) is 0.143. The molecule has 0 bridgehead atoms. The number of Topliss-reactive ketones (excluding diaryl/α,β-unsaturated/α-hetero) is 1. The molecule has 38 heavy (non-hydrogen) atoms. The number of halogens is 2. The zero-order chi connectivity index (χ0) is 27.0. The molecular formula is C28H21FIN3O3S2. The number of aryl methyl sites for hydroxylation is 2. The summed E-state index contributed by atoms with van der Waals surface area (Å²) in [5, 5.41) is 20.1. The first-order valence-corrected chi connectivity index (χ1v) is 14.5. The Kier molecular flexibility index (Phi) is 7.64. The van der Waals surface area contributed by atoms with Gasteiger partial charge in [-0.2, -0.15) is 0 Å². The minimum Gasteiger partial charge on any atom is -0.507 e. The second-order valence-electron chi connectivity index (χ2n) is 8.80. The Morgan fingerprint density at radius 1 is 1.05 bits per heavy atom. The number of amides is 1.